The van der Waals surface area contributed by atoms with Gasteiger partial charge in [-0.25, -0.2) is 0 Å². The summed E-state index contributed by atoms with van der Waals surface area (Å²) in [4.78, 5) is 25.0. The minimum atomic E-state index is -0.105. The molecule has 7 nitrogen and oxygen atoms in total. The fourth-order valence-electron chi connectivity index (χ4n) is 2.20. The number of hydrogen-bond acceptors (Lipinski definition) is 5. The predicted molar refractivity (Wildman–Crippen MR) is 83.2 cm³/mol. The van der Waals surface area contributed by atoms with Crippen molar-refractivity contribution in [1.29, 1.82) is 0 Å². The average molecular weight is 322 g/mol. The molecule has 1 aromatic rings. The van der Waals surface area contributed by atoms with Crippen LogP contribution in [0.2, 0.25) is 0 Å². The van der Waals surface area contributed by atoms with Crippen molar-refractivity contribution in [2.45, 2.75) is 19.9 Å². The van der Waals surface area contributed by atoms with Crippen molar-refractivity contribution in [3.63, 3.8) is 0 Å². The number of fused-ring (bicyclic) bond motifs is 1. The topological polar surface area (TPSA) is 77.1 Å². The highest BCUT2D eigenvalue weighted by atomic mass is 16.7. The third kappa shape index (κ3) is 5.14. The monoisotopic (exact) mass is 322 g/mol. The van der Waals surface area contributed by atoms with Gasteiger partial charge >= 0.3 is 0 Å². The first kappa shape index (κ1) is 17.1. The van der Waals surface area contributed by atoms with Crippen LogP contribution in [-0.4, -0.2) is 50.3 Å². The molecule has 0 unspecified atom stereocenters. The van der Waals surface area contributed by atoms with Gasteiger partial charge in [-0.3, -0.25) is 9.59 Å². The molecule has 1 N–H and O–H groups in total. The highest BCUT2D eigenvalue weighted by Gasteiger charge is 2.14. The summed E-state index contributed by atoms with van der Waals surface area (Å²) in [6.07, 6.45) is 0.258. The van der Waals surface area contributed by atoms with Crippen molar-refractivity contribution in [2.24, 2.45) is 0 Å². The SMILES string of the molecule is COCCN(CCC(=O)NCc1ccc2c(c1)OCO2)C(C)=O. The molecule has 1 aliphatic rings. The normalized spacial score (nSPS) is 12.1. The van der Waals surface area contributed by atoms with Gasteiger partial charge in [-0.05, 0) is 17.7 Å². The van der Waals surface area contributed by atoms with Crippen molar-refractivity contribution in [2.75, 3.05) is 33.6 Å². The molecular weight excluding hydrogens is 300 g/mol. The molecule has 1 aliphatic heterocycles. The number of rotatable bonds is 8. The molecule has 1 heterocycles. The Morgan fingerprint density at radius 3 is 2.78 bits per heavy atom. The second-order valence-electron chi connectivity index (χ2n) is 5.21. The van der Waals surface area contributed by atoms with E-state index in [1.165, 1.54) is 6.92 Å². The molecule has 0 atom stereocenters. The largest absolute Gasteiger partial charge is 0.454 e. The van der Waals surface area contributed by atoms with Crippen molar-refractivity contribution >= 4 is 11.8 Å². The molecule has 0 aliphatic carbocycles. The van der Waals surface area contributed by atoms with E-state index in [0.29, 0.717) is 32.0 Å². The Bertz CT molecular complexity index is 561. The maximum atomic E-state index is 11.9. The number of benzene rings is 1. The first-order valence-corrected chi connectivity index (χ1v) is 7.50. The smallest absolute Gasteiger partial charge is 0.231 e. The van der Waals surface area contributed by atoms with Gasteiger partial charge in [0.15, 0.2) is 11.5 Å². The van der Waals surface area contributed by atoms with Crippen LogP contribution in [0.1, 0.15) is 18.9 Å². The lowest BCUT2D eigenvalue weighted by atomic mass is 10.2. The van der Waals surface area contributed by atoms with Crippen molar-refractivity contribution in [3.05, 3.63) is 23.8 Å². The van der Waals surface area contributed by atoms with E-state index in [4.69, 9.17) is 14.2 Å². The number of nitrogens with one attached hydrogen (secondary N) is 1. The molecular formula is C16H22N2O5. The summed E-state index contributed by atoms with van der Waals surface area (Å²) < 4.78 is 15.5. The molecule has 7 heteroatoms. The van der Waals surface area contributed by atoms with Crippen LogP contribution in [0.5, 0.6) is 11.5 Å². The highest BCUT2D eigenvalue weighted by Crippen LogP contribution is 2.32. The van der Waals surface area contributed by atoms with Gasteiger partial charge in [-0.2, -0.15) is 0 Å². The van der Waals surface area contributed by atoms with Gasteiger partial charge in [0, 0.05) is 40.1 Å². The van der Waals surface area contributed by atoms with Gasteiger partial charge in [-0.1, -0.05) is 6.07 Å². The Balaban J connectivity index is 1.75. The zero-order valence-corrected chi connectivity index (χ0v) is 13.5. The van der Waals surface area contributed by atoms with Crippen LogP contribution in [0, 0.1) is 0 Å². The number of hydrogen-bond donors (Lipinski definition) is 1. The van der Waals surface area contributed by atoms with Crippen LogP contribution < -0.4 is 14.8 Å². The summed E-state index contributed by atoms with van der Waals surface area (Å²) in [5.41, 5.74) is 0.936. The third-order valence-electron chi connectivity index (χ3n) is 3.55. The molecule has 1 aromatic carbocycles. The van der Waals surface area contributed by atoms with Crippen LogP contribution in [0.25, 0.3) is 0 Å². The van der Waals surface area contributed by atoms with E-state index in [-0.39, 0.29) is 25.0 Å². The van der Waals surface area contributed by atoms with Crippen LogP contribution in [-0.2, 0) is 20.9 Å². The van der Waals surface area contributed by atoms with Crippen LogP contribution in [0.3, 0.4) is 0 Å². The van der Waals surface area contributed by atoms with Crippen molar-refractivity contribution in [1.82, 2.24) is 10.2 Å². The number of carbonyl (C=O) groups excluding carboxylic acids is 2. The lowest BCUT2D eigenvalue weighted by Crippen LogP contribution is -2.35. The van der Waals surface area contributed by atoms with Gasteiger partial charge in [-0.15, -0.1) is 0 Å². The van der Waals surface area contributed by atoms with E-state index in [1.54, 1.807) is 12.0 Å². The molecule has 126 valence electrons. The number of carbonyl (C=O) groups is 2. The Labute approximate surface area is 135 Å². The fraction of sp³-hybridized carbons (Fsp3) is 0.500. The second-order valence-corrected chi connectivity index (χ2v) is 5.21. The quantitative estimate of drug-likeness (QED) is 0.770. The summed E-state index contributed by atoms with van der Waals surface area (Å²) >= 11 is 0. The Kier molecular flexibility index (Phi) is 6.22. The van der Waals surface area contributed by atoms with Crippen molar-refractivity contribution in [3.8, 4) is 11.5 Å². The van der Waals surface area contributed by atoms with E-state index in [9.17, 15) is 9.59 Å². The molecule has 0 saturated carbocycles. The van der Waals surface area contributed by atoms with Crippen LogP contribution >= 0.6 is 0 Å². The van der Waals surface area contributed by atoms with E-state index in [1.807, 2.05) is 18.2 Å². The van der Waals surface area contributed by atoms with Crippen LogP contribution in [0.4, 0.5) is 0 Å². The van der Waals surface area contributed by atoms with Gasteiger partial charge in [0.1, 0.15) is 0 Å². The molecule has 0 saturated heterocycles. The maximum Gasteiger partial charge on any atom is 0.231 e. The van der Waals surface area contributed by atoms with E-state index >= 15 is 0 Å². The molecule has 23 heavy (non-hydrogen) atoms. The first-order chi connectivity index (χ1) is 11.1. The number of ether oxygens (including phenoxy) is 3. The third-order valence-corrected chi connectivity index (χ3v) is 3.55. The molecule has 2 rings (SSSR count). The van der Waals surface area contributed by atoms with Gasteiger partial charge < -0.3 is 24.4 Å². The van der Waals surface area contributed by atoms with Gasteiger partial charge in [0.2, 0.25) is 18.6 Å². The lowest BCUT2D eigenvalue weighted by molar-refractivity contribution is -0.130. The highest BCUT2D eigenvalue weighted by molar-refractivity contribution is 5.78. The van der Waals surface area contributed by atoms with E-state index in [0.717, 1.165) is 11.3 Å². The van der Waals surface area contributed by atoms with Gasteiger partial charge in [0.05, 0.1) is 6.61 Å². The van der Waals surface area contributed by atoms with Gasteiger partial charge in [0.25, 0.3) is 0 Å². The minimum Gasteiger partial charge on any atom is -0.454 e. The minimum absolute atomic E-state index is 0.0642. The fourth-order valence-corrected chi connectivity index (χ4v) is 2.20. The molecule has 0 bridgehead atoms. The molecule has 0 spiro atoms. The zero-order chi connectivity index (χ0) is 16.7. The zero-order valence-electron chi connectivity index (χ0n) is 13.5. The predicted octanol–water partition coefficient (Wildman–Crippen LogP) is 0.916. The second kappa shape index (κ2) is 8.38. The molecule has 2 amide bonds. The number of methoxy groups -OCH3 is 1. The number of amides is 2. The Morgan fingerprint density at radius 2 is 2.04 bits per heavy atom. The first-order valence-electron chi connectivity index (χ1n) is 7.50. The summed E-state index contributed by atoms with van der Waals surface area (Å²) in [5, 5.41) is 2.84. The standard InChI is InChI=1S/C16H22N2O5/c1-12(19)18(7-8-21-2)6-5-16(20)17-10-13-3-4-14-15(9-13)23-11-22-14/h3-4,9H,5-8,10-11H2,1-2H3,(H,17,20). The van der Waals surface area contributed by atoms with Crippen molar-refractivity contribution < 1.29 is 23.8 Å². The molecule has 0 fully saturated rings. The summed E-state index contributed by atoms with van der Waals surface area (Å²) in [5.74, 6) is 1.24. The average Bonchev–Trinajstić information content (AvgIpc) is 3.00. The molecule has 0 radical (unpaired) electrons. The Morgan fingerprint density at radius 1 is 1.26 bits per heavy atom. The summed E-state index contributed by atoms with van der Waals surface area (Å²) in [7, 11) is 1.58. The van der Waals surface area contributed by atoms with E-state index in [2.05, 4.69) is 5.32 Å². The van der Waals surface area contributed by atoms with Crippen LogP contribution in [0.15, 0.2) is 18.2 Å². The number of nitrogens with zero attached hydrogens (tertiary/aromatic N) is 1. The maximum absolute atomic E-state index is 11.9. The lowest BCUT2D eigenvalue weighted by Gasteiger charge is -2.20. The van der Waals surface area contributed by atoms with E-state index < -0.39 is 0 Å². The summed E-state index contributed by atoms with van der Waals surface area (Å²) in [6.45, 7) is 3.45. The molecule has 0 aromatic heterocycles. The summed E-state index contributed by atoms with van der Waals surface area (Å²) in [6, 6.07) is 5.56. The Hall–Kier alpha value is -2.28.